The van der Waals surface area contributed by atoms with Crippen LogP contribution in [0.2, 0.25) is 0 Å². The number of benzene rings is 2. The van der Waals surface area contributed by atoms with Crippen LogP contribution in [-0.4, -0.2) is 29.0 Å². The monoisotopic (exact) mass is 351 g/mol. The summed E-state index contributed by atoms with van der Waals surface area (Å²) >= 11 is 0. The van der Waals surface area contributed by atoms with Crippen LogP contribution in [-0.2, 0) is 11.2 Å². The van der Waals surface area contributed by atoms with Gasteiger partial charge in [0.25, 0.3) is 5.91 Å². The average Bonchev–Trinajstić information content (AvgIpc) is 2.69. The predicted octanol–water partition coefficient (Wildman–Crippen LogP) is 3.02. The van der Waals surface area contributed by atoms with Crippen molar-refractivity contribution in [1.82, 2.24) is 15.3 Å². The minimum absolute atomic E-state index is 0.0625. The first-order valence-electron chi connectivity index (χ1n) is 8.23. The van der Waals surface area contributed by atoms with Crippen molar-refractivity contribution < 1.29 is 13.9 Å². The van der Waals surface area contributed by atoms with Crippen LogP contribution in [0.5, 0.6) is 5.75 Å². The Bertz CT molecular complexity index is 854. The second kappa shape index (κ2) is 8.71. The second-order valence-corrected chi connectivity index (χ2v) is 5.60. The number of ether oxygens (including phenoxy) is 1. The van der Waals surface area contributed by atoms with Gasteiger partial charge in [0.15, 0.2) is 24.0 Å². The molecule has 0 fully saturated rings. The fourth-order valence-corrected chi connectivity index (χ4v) is 2.32. The predicted molar refractivity (Wildman–Crippen MR) is 96.1 cm³/mol. The van der Waals surface area contributed by atoms with Gasteiger partial charge in [0, 0.05) is 24.5 Å². The Labute approximate surface area is 150 Å². The summed E-state index contributed by atoms with van der Waals surface area (Å²) in [6, 6.07) is 15.7. The Morgan fingerprint density at radius 2 is 1.69 bits per heavy atom. The first-order chi connectivity index (χ1) is 12.7. The topological polar surface area (TPSA) is 64.1 Å². The molecular formula is C20H18FN3O2. The van der Waals surface area contributed by atoms with Crippen molar-refractivity contribution in [2.75, 3.05) is 13.2 Å². The van der Waals surface area contributed by atoms with Gasteiger partial charge in [0.1, 0.15) is 0 Å². The van der Waals surface area contributed by atoms with Gasteiger partial charge in [-0.1, -0.05) is 42.5 Å². The van der Waals surface area contributed by atoms with Crippen molar-refractivity contribution in [3.8, 4) is 17.1 Å². The van der Waals surface area contributed by atoms with Gasteiger partial charge >= 0.3 is 0 Å². The summed E-state index contributed by atoms with van der Waals surface area (Å²) in [5.74, 6) is -0.0738. The lowest BCUT2D eigenvalue weighted by molar-refractivity contribution is -0.123. The summed E-state index contributed by atoms with van der Waals surface area (Å²) in [6.45, 7) is 0.192. The van der Waals surface area contributed by atoms with Crippen molar-refractivity contribution in [1.29, 1.82) is 0 Å². The molecule has 1 aromatic heterocycles. The molecule has 2 aromatic carbocycles. The van der Waals surface area contributed by atoms with E-state index in [0.717, 1.165) is 11.1 Å². The maximum absolute atomic E-state index is 13.4. The van der Waals surface area contributed by atoms with E-state index in [0.29, 0.717) is 18.8 Å². The van der Waals surface area contributed by atoms with Crippen LogP contribution in [0.1, 0.15) is 5.56 Å². The Balaban J connectivity index is 1.43. The molecule has 3 aromatic rings. The molecule has 0 saturated heterocycles. The molecule has 1 heterocycles. The van der Waals surface area contributed by atoms with Gasteiger partial charge in [0.05, 0.1) is 0 Å². The molecule has 26 heavy (non-hydrogen) atoms. The maximum atomic E-state index is 13.4. The number of nitrogens with zero attached hydrogens (tertiary/aromatic N) is 2. The number of aromatic nitrogens is 2. The zero-order valence-electron chi connectivity index (χ0n) is 14.1. The minimum atomic E-state index is -0.490. The number of nitrogens with one attached hydrogen (secondary N) is 1. The summed E-state index contributed by atoms with van der Waals surface area (Å²) in [6.07, 6.45) is 4.09. The Morgan fingerprint density at radius 1 is 1.00 bits per heavy atom. The molecule has 6 heteroatoms. The lowest BCUT2D eigenvalue weighted by Crippen LogP contribution is -2.30. The molecule has 0 bridgehead atoms. The average molecular weight is 351 g/mol. The zero-order chi connectivity index (χ0) is 18.2. The second-order valence-electron chi connectivity index (χ2n) is 5.60. The summed E-state index contributed by atoms with van der Waals surface area (Å²) in [7, 11) is 0. The van der Waals surface area contributed by atoms with E-state index in [4.69, 9.17) is 4.74 Å². The number of halogens is 1. The molecule has 132 valence electrons. The van der Waals surface area contributed by atoms with Gasteiger partial charge < -0.3 is 10.1 Å². The molecule has 5 nitrogen and oxygen atoms in total. The van der Waals surface area contributed by atoms with Crippen molar-refractivity contribution in [2.24, 2.45) is 0 Å². The normalized spacial score (nSPS) is 10.3. The third kappa shape index (κ3) is 4.86. The third-order valence-electron chi connectivity index (χ3n) is 3.67. The van der Waals surface area contributed by atoms with Gasteiger partial charge in [-0.25, -0.2) is 14.4 Å². The number of para-hydroxylation sites is 1. The highest BCUT2D eigenvalue weighted by atomic mass is 19.1. The van der Waals surface area contributed by atoms with Gasteiger partial charge in [-0.2, -0.15) is 0 Å². The van der Waals surface area contributed by atoms with Crippen LogP contribution in [0, 0.1) is 5.82 Å². The van der Waals surface area contributed by atoms with Crippen molar-refractivity contribution >= 4 is 5.91 Å². The van der Waals surface area contributed by atoms with Crippen molar-refractivity contribution in [3.63, 3.8) is 0 Å². The van der Waals surface area contributed by atoms with Crippen LogP contribution in [0.15, 0.2) is 67.0 Å². The van der Waals surface area contributed by atoms with Gasteiger partial charge in [0.2, 0.25) is 0 Å². The molecule has 0 aliphatic carbocycles. The molecule has 1 amide bonds. The number of rotatable bonds is 7. The highest BCUT2D eigenvalue weighted by Crippen LogP contribution is 2.15. The number of carbonyl (C=O) groups is 1. The Hall–Kier alpha value is -3.28. The number of carbonyl (C=O) groups excluding carboxylic acids is 1. The summed E-state index contributed by atoms with van der Waals surface area (Å²) in [5.41, 5.74) is 1.87. The van der Waals surface area contributed by atoms with Gasteiger partial charge in [-0.3, -0.25) is 4.79 Å². The van der Waals surface area contributed by atoms with E-state index >= 15 is 0 Å². The van der Waals surface area contributed by atoms with E-state index in [1.54, 1.807) is 24.5 Å². The SMILES string of the molecule is O=C(COc1ccccc1F)NCCc1cnc(-c2ccccc2)nc1. The smallest absolute Gasteiger partial charge is 0.257 e. The molecule has 0 spiro atoms. The molecule has 0 aliphatic rings. The summed E-state index contributed by atoms with van der Waals surface area (Å²) in [5, 5.41) is 2.73. The van der Waals surface area contributed by atoms with Crippen LogP contribution in [0.3, 0.4) is 0 Å². The maximum Gasteiger partial charge on any atom is 0.257 e. The van der Waals surface area contributed by atoms with Crippen molar-refractivity contribution in [2.45, 2.75) is 6.42 Å². The Kier molecular flexibility index (Phi) is 5.88. The van der Waals surface area contributed by atoms with E-state index in [1.165, 1.54) is 12.1 Å². The first kappa shape index (κ1) is 17.5. The zero-order valence-corrected chi connectivity index (χ0v) is 14.1. The van der Waals surface area contributed by atoms with E-state index in [-0.39, 0.29) is 18.3 Å². The molecule has 3 rings (SSSR count). The minimum Gasteiger partial charge on any atom is -0.481 e. The van der Waals surface area contributed by atoms with Crippen LogP contribution >= 0.6 is 0 Å². The third-order valence-corrected chi connectivity index (χ3v) is 3.67. The quantitative estimate of drug-likeness (QED) is 0.711. The molecular weight excluding hydrogens is 333 g/mol. The molecule has 0 aliphatic heterocycles. The Morgan fingerprint density at radius 3 is 2.42 bits per heavy atom. The van der Waals surface area contributed by atoms with E-state index in [9.17, 15) is 9.18 Å². The highest BCUT2D eigenvalue weighted by Gasteiger charge is 2.06. The molecule has 0 radical (unpaired) electrons. The molecule has 0 atom stereocenters. The van der Waals surface area contributed by atoms with E-state index in [1.807, 2.05) is 30.3 Å². The summed E-state index contributed by atoms with van der Waals surface area (Å²) < 4.78 is 18.6. The lowest BCUT2D eigenvalue weighted by atomic mass is 10.2. The van der Waals surface area contributed by atoms with Gasteiger partial charge in [-0.05, 0) is 24.1 Å². The van der Waals surface area contributed by atoms with Crippen LogP contribution < -0.4 is 10.1 Å². The van der Waals surface area contributed by atoms with Crippen molar-refractivity contribution in [3.05, 3.63) is 78.4 Å². The number of hydrogen-bond acceptors (Lipinski definition) is 4. The largest absolute Gasteiger partial charge is 0.481 e. The molecule has 1 N–H and O–H groups in total. The number of amides is 1. The number of hydrogen-bond donors (Lipinski definition) is 1. The molecule has 0 saturated carbocycles. The van der Waals surface area contributed by atoms with E-state index < -0.39 is 5.82 Å². The lowest BCUT2D eigenvalue weighted by Gasteiger charge is -2.08. The van der Waals surface area contributed by atoms with Crippen LogP contribution in [0.25, 0.3) is 11.4 Å². The fourth-order valence-electron chi connectivity index (χ4n) is 2.32. The van der Waals surface area contributed by atoms with Gasteiger partial charge in [-0.15, -0.1) is 0 Å². The first-order valence-corrected chi connectivity index (χ1v) is 8.23. The summed E-state index contributed by atoms with van der Waals surface area (Å²) in [4.78, 5) is 20.5. The fraction of sp³-hybridized carbons (Fsp3) is 0.150. The van der Waals surface area contributed by atoms with E-state index in [2.05, 4.69) is 15.3 Å². The standard InChI is InChI=1S/C20H18FN3O2/c21-17-8-4-5-9-18(17)26-14-19(25)22-11-10-15-12-23-20(24-13-15)16-6-2-1-3-7-16/h1-9,12-13H,10-11,14H2,(H,22,25). The highest BCUT2D eigenvalue weighted by molar-refractivity contribution is 5.77. The molecule has 0 unspecified atom stereocenters. The van der Waals surface area contributed by atoms with Crippen LogP contribution in [0.4, 0.5) is 4.39 Å².